The Bertz CT molecular complexity index is 3720. The van der Waals surface area contributed by atoms with E-state index in [-0.39, 0.29) is 5.34 Å². The minimum Gasteiger partial charge on any atom is -0.109 e. The Morgan fingerprint density at radius 2 is 0.552 bits per heavy atom. The van der Waals surface area contributed by atoms with Gasteiger partial charge in [-0.3, -0.25) is 0 Å². The first-order valence-electron chi connectivity index (χ1n) is 23.1. The van der Waals surface area contributed by atoms with E-state index in [1.165, 1.54) is 131 Å². The fourth-order valence-corrected chi connectivity index (χ4v) is 13.0. The number of rotatable bonds is 4. The monoisotopic (exact) mass is 890 g/mol. The topological polar surface area (TPSA) is 0 Å². The van der Waals surface area contributed by atoms with Crippen molar-refractivity contribution < 1.29 is 0 Å². The Labute approximate surface area is 399 Å². The summed E-state index contributed by atoms with van der Waals surface area (Å²) in [6.45, 7) is 0. The molecule has 2 aliphatic rings. The zero-order chi connectivity index (χ0) is 44.4. The maximum atomic E-state index is 4.76. The molecule has 0 unspecified atom stereocenters. The van der Waals surface area contributed by atoms with Gasteiger partial charge in [-0.05, 0) is 150 Å². The van der Waals surface area contributed by atoms with Gasteiger partial charge < -0.3 is 0 Å². The van der Waals surface area contributed by atoms with Crippen LogP contribution in [0.2, 0.25) is 0 Å². The lowest BCUT2D eigenvalue weighted by molar-refractivity contribution is 0.723. The second-order valence-corrected chi connectivity index (χ2v) is 19.1. The van der Waals surface area contributed by atoms with Gasteiger partial charge in [0.15, 0.2) is 0 Å². The standard InChI is InChI=1S/C64H38.CH2Cl2/c1-5-19-45(20-6-1)63(46-21-7-2-8-22-46)53-38-54-52(37-51(53)49-33-31-41-29-27-39-15-13-17-43-35-55(63)61(49)59(41)57(39)43)50-34-32-42-30-28-40-16-14-18-44-36-56(62(50)60(42)58(40)44)64(54,47-23-9-3-10-24-47)48-25-11-4-12-26-48;2-1-3/h1-38H;1H2. The molecule has 0 N–H and O–H groups in total. The van der Waals surface area contributed by atoms with Crippen molar-refractivity contribution in [3.8, 4) is 22.3 Å². The highest BCUT2D eigenvalue weighted by Crippen LogP contribution is 2.63. The smallest absolute Gasteiger partial charge is 0.0967 e. The maximum Gasteiger partial charge on any atom is 0.0967 e. The van der Waals surface area contributed by atoms with E-state index in [1.54, 1.807) is 0 Å². The number of alkyl halides is 2. The van der Waals surface area contributed by atoms with Crippen molar-refractivity contribution in [3.63, 3.8) is 0 Å². The Kier molecular flexibility index (Phi) is 8.39. The van der Waals surface area contributed by atoms with Crippen LogP contribution in [-0.2, 0) is 10.8 Å². The number of hydrogen-bond donors (Lipinski definition) is 0. The van der Waals surface area contributed by atoms with Crippen LogP contribution in [0.1, 0.15) is 44.5 Å². The molecule has 2 heteroatoms. The molecule has 0 saturated heterocycles. The van der Waals surface area contributed by atoms with Crippen LogP contribution in [-0.4, -0.2) is 5.34 Å². The molecule has 0 saturated carbocycles. The van der Waals surface area contributed by atoms with Crippen LogP contribution < -0.4 is 0 Å². The van der Waals surface area contributed by atoms with E-state index < -0.39 is 10.8 Å². The molecule has 0 atom stereocenters. The summed E-state index contributed by atoms with van der Waals surface area (Å²) in [5.41, 5.74) is 14.2. The molecule has 0 heterocycles. The number of halogens is 2. The van der Waals surface area contributed by atoms with Crippen LogP contribution in [0.5, 0.6) is 0 Å². The Balaban J connectivity index is 0.00000139. The molecule has 0 nitrogen and oxygen atoms in total. The van der Waals surface area contributed by atoms with E-state index in [9.17, 15) is 0 Å². The minimum absolute atomic E-state index is 0.194. The van der Waals surface area contributed by atoms with Crippen LogP contribution in [0, 0.1) is 0 Å². The molecule has 67 heavy (non-hydrogen) atoms. The molecule has 13 aromatic carbocycles. The van der Waals surface area contributed by atoms with E-state index in [0.717, 1.165) is 0 Å². The van der Waals surface area contributed by atoms with Crippen molar-refractivity contribution in [2.24, 2.45) is 0 Å². The summed E-state index contributed by atoms with van der Waals surface area (Å²) in [5, 5.41) is 16.0. The summed E-state index contributed by atoms with van der Waals surface area (Å²) in [6, 6.07) is 88.5. The largest absolute Gasteiger partial charge is 0.109 e. The Morgan fingerprint density at radius 1 is 0.239 bits per heavy atom. The first-order valence-corrected chi connectivity index (χ1v) is 24.2. The molecule has 0 aliphatic heterocycles. The summed E-state index contributed by atoms with van der Waals surface area (Å²) in [6.07, 6.45) is 0. The van der Waals surface area contributed by atoms with E-state index in [1.807, 2.05) is 0 Å². The molecule has 0 spiro atoms. The highest BCUT2D eigenvalue weighted by atomic mass is 35.5. The molecule has 0 radical (unpaired) electrons. The molecule has 0 aromatic heterocycles. The van der Waals surface area contributed by atoms with Crippen LogP contribution in [0.4, 0.5) is 0 Å². The van der Waals surface area contributed by atoms with Gasteiger partial charge in [0.05, 0.1) is 16.2 Å². The highest BCUT2D eigenvalue weighted by Gasteiger charge is 2.50. The van der Waals surface area contributed by atoms with Gasteiger partial charge in [0, 0.05) is 0 Å². The van der Waals surface area contributed by atoms with Crippen molar-refractivity contribution in [2.45, 2.75) is 10.8 Å². The average molecular weight is 892 g/mol. The average Bonchev–Trinajstić information content (AvgIpc) is 3.39. The number of fused-ring (bicyclic) bond motifs is 4. The summed E-state index contributed by atoms with van der Waals surface area (Å²) >= 11 is 9.53. The van der Waals surface area contributed by atoms with Crippen molar-refractivity contribution in [1.29, 1.82) is 0 Å². The molecule has 13 aromatic rings. The molecule has 314 valence electrons. The third-order valence-electron chi connectivity index (χ3n) is 15.4. The van der Waals surface area contributed by atoms with Gasteiger partial charge >= 0.3 is 0 Å². The third kappa shape index (κ3) is 5.04. The molecular weight excluding hydrogens is 852 g/mol. The molecule has 0 fully saturated rings. The zero-order valence-electron chi connectivity index (χ0n) is 36.4. The van der Waals surface area contributed by atoms with Gasteiger partial charge in [0.1, 0.15) is 0 Å². The summed E-state index contributed by atoms with van der Waals surface area (Å²) in [7, 11) is 0. The van der Waals surface area contributed by atoms with Crippen LogP contribution in [0.3, 0.4) is 0 Å². The normalized spacial score (nSPS) is 14.1. The lowest BCUT2D eigenvalue weighted by Crippen LogP contribution is -2.37. The predicted octanol–water partition coefficient (Wildman–Crippen LogP) is 17.6. The lowest BCUT2D eigenvalue weighted by atomic mass is 9.55. The molecule has 0 amide bonds. The van der Waals surface area contributed by atoms with Gasteiger partial charge in [0.2, 0.25) is 0 Å². The van der Waals surface area contributed by atoms with Gasteiger partial charge in [-0.15, -0.1) is 23.2 Å². The SMILES string of the molecule is ClCCl.c1ccc(C2(c3ccccc3)c3cc4c(cc3-c3ccc5ccc6cccc7cc2c3c5c67)-c2ccc3ccc5cccc6cc(c2c3c56)C4(c2ccccc2)c2ccccc2)cc1. The summed E-state index contributed by atoms with van der Waals surface area (Å²) in [4.78, 5) is 0. The van der Waals surface area contributed by atoms with Crippen LogP contribution >= 0.6 is 23.2 Å². The number of benzene rings is 13. The van der Waals surface area contributed by atoms with E-state index in [2.05, 4.69) is 231 Å². The third-order valence-corrected chi connectivity index (χ3v) is 15.4. The van der Waals surface area contributed by atoms with Gasteiger partial charge in [-0.1, -0.05) is 212 Å². The van der Waals surface area contributed by atoms with E-state index in [0.29, 0.717) is 0 Å². The lowest BCUT2D eigenvalue weighted by Gasteiger charge is -2.46. The quantitative estimate of drug-likeness (QED) is 0.122. The van der Waals surface area contributed by atoms with E-state index in [4.69, 9.17) is 23.2 Å². The molecular formula is C65H40Cl2. The maximum absolute atomic E-state index is 4.76. The highest BCUT2D eigenvalue weighted by molar-refractivity contribution is 6.40. The predicted molar refractivity (Wildman–Crippen MR) is 285 cm³/mol. The Morgan fingerprint density at radius 3 is 0.910 bits per heavy atom. The van der Waals surface area contributed by atoms with Crippen molar-refractivity contribution in [2.75, 3.05) is 5.34 Å². The molecule has 15 rings (SSSR count). The molecule has 0 bridgehead atoms. The fraction of sp³-hybridized carbons (Fsp3) is 0.0462. The van der Waals surface area contributed by atoms with Crippen molar-refractivity contribution in [1.82, 2.24) is 0 Å². The minimum atomic E-state index is -0.660. The van der Waals surface area contributed by atoms with Crippen LogP contribution in [0.25, 0.3) is 86.9 Å². The summed E-state index contributed by atoms with van der Waals surface area (Å²) in [5.74, 6) is 0. The van der Waals surface area contributed by atoms with Crippen molar-refractivity contribution in [3.05, 3.63) is 275 Å². The van der Waals surface area contributed by atoms with Crippen molar-refractivity contribution >= 4 is 87.8 Å². The second kappa shape index (κ2) is 14.5. The van der Waals surface area contributed by atoms with E-state index >= 15 is 0 Å². The molecule has 2 aliphatic carbocycles. The van der Waals surface area contributed by atoms with Crippen LogP contribution in [0.15, 0.2) is 231 Å². The van der Waals surface area contributed by atoms with Gasteiger partial charge in [0.25, 0.3) is 0 Å². The Hall–Kier alpha value is -7.48. The fourth-order valence-electron chi connectivity index (χ4n) is 13.0. The first-order chi connectivity index (χ1) is 33.2. The zero-order valence-corrected chi connectivity index (χ0v) is 37.9. The van der Waals surface area contributed by atoms with Gasteiger partial charge in [-0.25, -0.2) is 0 Å². The van der Waals surface area contributed by atoms with Gasteiger partial charge in [-0.2, -0.15) is 0 Å². The second-order valence-electron chi connectivity index (χ2n) is 18.3. The number of hydrogen-bond acceptors (Lipinski definition) is 0. The first kappa shape index (κ1) is 38.8. The summed E-state index contributed by atoms with van der Waals surface area (Å²) < 4.78 is 0.